The van der Waals surface area contributed by atoms with Gasteiger partial charge in [0.1, 0.15) is 0 Å². The highest BCUT2D eigenvalue weighted by atomic mass is 127. The fraction of sp³-hybridized carbons (Fsp3) is 0.714. The van der Waals surface area contributed by atoms with Gasteiger partial charge in [0.2, 0.25) is 11.8 Å². The van der Waals surface area contributed by atoms with E-state index in [0.29, 0.717) is 6.42 Å². The molecule has 2 amide bonds. The van der Waals surface area contributed by atoms with Crippen LogP contribution < -0.4 is 5.32 Å². The normalized spacial score (nSPS) is 38.6. The number of carbonyl (C=O) groups excluding carboxylic acids is 2. The Balaban J connectivity index is 2.83. The molecule has 0 aromatic heterocycles. The van der Waals surface area contributed by atoms with E-state index >= 15 is 0 Å². The highest BCUT2D eigenvalue weighted by Crippen LogP contribution is 2.34. The Morgan fingerprint density at radius 3 is 2.64 bits per heavy atom. The lowest BCUT2D eigenvalue weighted by Gasteiger charge is -2.32. The van der Waals surface area contributed by atoms with Crippen LogP contribution in [0.5, 0.6) is 0 Å². The molecular weight excluding hydrogens is 257 g/mol. The summed E-state index contributed by atoms with van der Waals surface area (Å²) in [5.74, 6) is -0.399. The van der Waals surface area contributed by atoms with Crippen LogP contribution in [0.15, 0.2) is 0 Å². The van der Waals surface area contributed by atoms with Crippen molar-refractivity contribution in [3.63, 3.8) is 0 Å². The predicted octanol–water partition coefficient (Wildman–Crippen LogP) is 0.863. The molecule has 1 aliphatic heterocycles. The number of rotatable bonds is 0. The summed E-state index contributed by atoms with van der Waals surface area (Å²) in [5, 5.41) is 2.30. The van der Waals surface area contributed by atoms with Crippen molar-refractivity contribution in [3.8, 4) is 0 Å². The Kier molecular flexibility index (Phi) is 2.22. The first-order chi connectivity index (χ1) is 4.93. The molecule has 11 heavy (non-hydrogen) atoms. The van der Waals surface area contributed by atoms with Gasteiger partial charge in [-0.1, -0.05) is 29.5 Å². The molecule has 2 unspecified atom stereocenters. The van der Waals surface area contributed by atoms with Crippen molar-refractivity contribution in [1.29, 1.82) is 0 Å². The maximum atomic E-state index is 11.1. The molecule has 4 heteroatoms. The van der Waals surface area contributed by atoms with Gasteiger partial charge in [0.25, 0.3) is 0 Å². The number of carbonyl (C=O) groups is 2. The molecule has 0 aliphatic carbocycles. The largest absolute Gasteiger partial charge is 0.296 e. The molecule has 1 heterocycles. The number of piperidine rings is 1. The molecule has 0 saturated carbocycles. The van der Waals surface area contributed by atoms with Gasteiger partial charge in [-0.2, -0.15) is 0 Å². The average molecular weight is 267 g/mol. The van der Waals surface area contributed by atoms with E-state index in [2.05, 4.69) is 27.9 Å². The number of nitrogens with one attached hydrogen (secondary N) is 1. The first kappa shape index (κ1) is 8.96. The van der Waals surface area contributed by atoms with Gasteiger partial charge in [0.05, 0.1) is 5.92 Å². The van der Waals surface area contributed by atoms with E-state index in [9.17, 15) is 9.59 Å². The van der Waals surface area contributed by atoms with Crippen molar-refractivity contribution in [2.24, 2.45) is 5.92 Å². The first-order valence-corrected chi connectivity index (χ1v) is 4.54. The van der Waals surface area contributed by atoms with Crippen LogP contribution in [0, 0.1) is 5.92 Å². The van der Waals surface area contributed by atoms with Crippen molar-refractivity contribution in [2.45, 2.75) is 23.7 Å². The summed E-state index contributed by atoms with van der Waals surface area (Å²) in [5.41, 5.74) is 0. The molecule has 0 radical (unpaired) electrons. The maximum absolute atomic E-state index is 11.1. The maximum Gasteiger partial charge on any atom is 0.230 e. The smallest absolute Gasteiger partial charge is 0.230 e. The number of imide groups is 1. The van der Waals surface area contributed by atoms with Crippen LogP contribution in [0.4, 0.5) is 0 Å². The van der Waals surface area contributed by atoms with Gasteiger partial charge in [0.15, 0.2) is 0 Å². The second-order valence-electron chi connectivity index (χ2n) is 3.09. The van der Waals surface area contributed by atoms with Crippen molar-refractivity contribution in [3.05, 3.63) is 0 Å². The number of halogens is 1. The van der Waals surface area contributed by atoms with Crippen LogP contribution in [0.2, 0.25) is 0 Å². The molecule has 62 valence electrons. The van der Waals surface area contributed by atoms with E-state index in [-0.39, 0.29) is 21.2 Å². The van der Waals surface area contributed by atoms with Crippen LogP contribution in [0.1, 0.15) is 20.3 Å². The minimum atomic E-state index is -0.211. The summed E-state index contributed by atoms with van der Waals surface area (Å²) in [6.07, 6.45) is 0.431. The molecule has 0 bridgehead atoms. The Morgan fingerprint density at radius 1 is 1.64 bits per heavy atom. The number of hydrogen-bond acceptors (Lipinski definition) is 2. The molecule has 1 aliphatic rings. The Labute approximate surface area is 79.1 Å². The number of hydrogen-bond donors (Lipinski definition) is 1. The fourth-order valence-corrected chi connectivity index (χ4v) is 1.66. The van der Waals surface area contributed by atoms with Gasteiger partial charge < -0.3 is 0 Å². The lowest BCUT2D eigenvalue weighted by Crippen LogP contribution is -2.50. The fourth-order valence-electron chi connectivity index (χ4n) is 1.03. The van der Waals surface area contributed by atoms with Crippen molar-refractivity contribution in [2.75, 3.05) is 0 Å². The SMILES string of the molecule is CC1C(=O)NC(=O)CC1(C)I. The van der Waals surface area contributed by atoms with Gasteiger partial charge in [-0.25, -0.2) is 0 Å². The number of alkyl halides is 1. The van der Waals surface area contributed by atoms with Crippen LogP contribution in [0.25, 0.3) is 0 Å². The second-order valence-corrected chi connectivity index (χ2v) is 5.55. The third kappa shape index (κ3) is 1.72. The van der Waals surface area contributed by atoms with Crippen LogP contribution in [-0.4, -0.2) is 15.2 Å². The molecule has 1 saturated heterocycles. The molecule has 1 rings (SSSR count). The molecule has 0 aromatic carbocycles. The third-order valence-electron chi connectivity index (χ3n) is 2.06. The third-order valence-corrected chi connectivity index (χ3v) is 3.38. The quantitative estimate of drug-likeness (QED) is 0.402. The van der Waals surface area contributed by atoms with Crippen molar-refractivity contribution >= 4 is 34.4 Å². The zero-order valence-electron chi connectivity index (χ0n) is 6.48. The standard InChI is InChI=1S/C7H10INO2/c1-4-6(11)9-5(10)3-7(4,2)8/h4H,3H2,1-2H3,(H,9,10,11). The first-order valence-electron chi connectivity index (χ1n) is 3.46. The summed E-state index contributed by atoms with van der Waals surface area (Å²) in [6, 6.07) is 0. The zero-order valence-corrected chi connectivity index (χ0v) is 8.64. The topological polar surface area (TPSA) is 46.2 Å². The molecule has 1 fully saturated rings. The van der Waals surface area contributed by atoms with Crippen molar-refractivity contribution in [1.82, 2.24) is 5.32 Å². The van der Waals surface area contributed by atoms with E-state index in [1.807, 2.05) is 13.8 Å². The molecular formula is C7H10INO2. The number of amides is 2. The summed E-state index contributed by atoms with van der Waals surface area (Å²) in [4.78, 5) is 22.0. The van der Waals surface area contributed by atoms with Crippen LogP contribution in [-0.2, 0) is 9.59 Å². The summed E-state index contributed by atoms with van der Waals surface area (Å²) >= 11 is 2.17. The van der Waals surface area contributed by atoms with Gasteiger partial charge in [-0.15, -0.1) is 0 Å². The summed E-state index contributed by atoms with van der Waals surface area (Å²) < 4.78 is -0.211. The summed E-state index contributed by atoms with van der Waals surface area (Å²) in [6.45, 7) is 3.77. The predicted molar refractivity (Wildman–Crippen MR) is 49.4 cm³/mol. The lowest BCUT2D eigenvalue weighted by atomic mass is 9.88. The van der Waals surface area contributed by atoms with E-state index < -0.39 is 0 Å². The van der Waals surface area contributed by atoms with E-state index in [1.54, 1.807) is 0 Å². The molecule has 3 nitrogen and oxygen atoms in total. The zero-order chi connectivity index (χ0) is 8.65. The van der Waals surface area contributed by atoms with E-state index in [4.69, 9.17) is 0 Å². The molecule has 0 aromatic rings. The van der Waals surface area contributed by atoms with Crippen LogP contribution >= 0.6 is 22.6 Å². The van der Waals surface area contributed by atoms with E-state index in [0.717, 1.165) is 0 Å². The highest BCUT2D eigenvalue weighted by molar-refractivity contribution is 14.1. The molecule has 0 spiro atoms. The minimum absolute atomic E-state index is 0.0826. The van der Waals surface area contributed by atoms with Gasteiger partial charge in [-0.3, -0.25) is 14.9 Å². The van der Waals surface area contributed by atoms with E-state index in [1.165, 1.54) is 0 Å². The second kappa shape index (κ2) is 2.73. The minimum Gasteiger partial charge on any atom is -0.296 e. The van der Waals surface area contributed by atoms with Gasteiger partial charge in [-0.05, 0) is 6.92 Å². The van der Waals surface area contributed by atoms with Crippen molar-refractivity contribution < 1.29 is 9.59 Å². The summed E-state index contributed by atoms with van der Waals surface area (Å²) in [7, 11) is 0. The van der Waals surface area contributed by atoms with Crippen LogP contribution in [0.3, 0.4) is 0 Å². The Hall–Kier alpha value is -0.130. The highest BCUT2D eigenvalue weighted by Gasteiger charge is 2.40. The molecule has 2 atom stereocenters. The van der Waals surface area contributed by atoms with Gasteiger partial charge in [0, 0.05) is 9.84 Å². The van der Waals surface area contributed by atoms with Gasteiger partial charge >= 0.3 is 0 Å². The molecule has 1 N–H and O–H groups in total. The Bertz CT molecular complexity index is 212. The lowest BCUT2D eigenvalue weighted by molar-refractivity contribution is -0.136. The Morgan fingerprint density at radius 2 is 2.18 bits per heavy atom. The average Bonchev–Trinajstić information content (AvgIpc) is 1.81. The monoisotopic (exact) mass is 267 g/mol.